The fourth-order valence-electron chi connectivity index (χ4n) is 3.40. The molecule has 3 rings (SSSR count). The Morgan fingerprint density at radius 3 is 2.41 bits per heavy atom. The molecule has 1 heterocycles. The summed E-state index contributed by atoms with van der Waals surface area (Å²) in [5.41, 5.74) is 9.28. The first-order valence-electron chi connectivity index (χ1n) is 10.8. The molecule has 2 aromatic carbocycles. The molecule has 172 valence electrons. The number of nitrogens with two attached hydrogens (primary N) is 1. The molecule has 0 bridgehead atoms. The molecule has 0 aliphatic heterocycles. The molecule has 0 atom stereocenters. The summed E-state index contributed by atoms with van der Waals surface area (Å²) in [5, 5.41) is 22.8. The number of amides is 1. The predicted molar refractivity (Wildman–Crippen MR) is 135 cm³/mol. The molecule has 34 heavy (non-hydrogen) atoms. The first-order chi connectivity index (χ1) is 16.4. The Kier molecular flexibility index (Phi) is 8.13. The second-order valence-corrected chi connectivity index (χ2v) is 8.66. The maximum Gasteiger partial charge on any atom is 0.234 e. The molecule has 1 amide bonds. The number of nitrogens with zero attached hydrogens (tertiary/aromatic N) is 3. The fourth-order valence-corrected chi connectivity index (χ4v) is 4.19. The summed E-state index contributed by atoms with van der Waals surface area (Å²) in [6, 6.07) is 19.1. The Labute approximate surface area is 203 Å². The van der Waals surface area contributed by atoms with Crippen molar-refractivity contribution in [3.05, 3.63) is 65.2 Å². The van der Waals surface area contributed by atoms with E-state index in [2.05, 4.69) is 36.3 Å². The molecule has 0 radical (unpaired) electrons. The van der Waals surface area contributed by atoms with Crippen molar-refractivity contribution in [2.75, 3.05) is 23.4 Å². The lowest BCUT2D eigenvalue weighted by Gasteiger charge is -2.14. The van der Waals surface area contributed by atoms with Crippen LogP contribution in [0, 0.1) is 22.7 Å². The molecule has 0 aliphatic carbocycles. The molecule has 0 aliphatic rings. The van der Waals surface area contributed by atoms with E-state index in [9.17, 15) is 15.3 Å². The van der Waals surface area contributed by atoms with Crippen molar-refractivity contribution in [1.29, 1.82) is 10.5 Å². The highest BCUT2D eigenvalue weighted by atomic mass is 32.2. The standard InChI is InChI=1S/C26H25N5O2S/c1-4-33-22-8-6-5-7-21(22)30-23(32)15-34-26-20(14-28)24(19(13-27)25(29)31-26)18-11-9-17(10-12-18)16(2)3/h5-12,16H,4,15H2,1-3H3,(H2,29,31)(H,30,32). The Hall–Kier alpha value is -4.01. The van der Waals surface area contributed by atoms with Crippen LogP contribution in [0.4, 0.5) is 11.5 Å². The van der Waals surface area contributed by atoms with E-state index in [-0.39, 0.29) is 28.6 Å². The summed E-state index contributed by atoms with van der Waals surface area (Å²) in [6.45, 7) is 6.52. The van der Waals surface area contributed by atoms with Gasteiger partial charge in [-0.15, -0.1) is 0 Å². The molecule has 1 aromatic heterocycles. The van der Waals surface area contributed by atoms with Gasteiger partial charge < -0.3 is 15.8 Å². The third-order valence-corrected chi connectivity index (χ3v) is 6.06. The average Bonchev–Trinajstić information content (AvgIpc) is 2.83. The van der Waals surface area contributed by atoms with Gasteiger partial charge >= 0.3 is 0 Å². The molecular weight excluding hydrogens is 446 g/mol. The van der Waals surface area contributed by atoms with Crippen LogP contribution in [0.3, 0.4) is 0 Å². The normalized spacial score (nSPS) is 10.4. The molecular formula is C26H25N5O2S. The second-order valence-electron chi connectivity index (χ2n) is 7.69. The van der Waals surface area contributed by atoms with E-state index in [0.29, 0.717) is 40.1 Å². The van der Waals surface area contributed by atoms with Gasteiger partial charge in [-0.1, -0.05) is 62.0 Å². The summed E-state index contributed by atoms with van der Waals surface area (Å²) < 4.78 is 5.54. The second kappa shape index (κ2) is 11.2. The van der Waals surface area contributed by atoms with Gasteiger partial charge in [-0.05, 0) is 36.1 Å². The van der Waals surface area contributed by atoms with Crippen molar-refractivity contribution >= 4 is 29.2 Å². The Morgan fingerprint density at radius 1 is 1.12 bits per heavy atom. The molecule has 0 spiro atoms. The van der Waals surface area contributed by atoms with E-state index in [1.807, 2.05) is 37.3 Å². The van der Waals surface area contributed by atoms with Gasteiger partial charge in [-0.25, -0.2) is 4.98 Å². The quantitative estimate of drug-likeness (QED) is 0.426. The highest BCUT2D eigenvalue weighted by Gasteiger charge is 2.21. The number of aromatic nitrogens is 1. The number of carbonyl (C=O) groups is 1. The molecule has 0 saturated carbocycles. The van der Waals surface area contributed by atoms with E-state index in [4.69, 9.17) is 10.5 Å². The zero-order valence-electron chi connectivity index (χ0n) is 19.3. The first-order valence-corrected chi connectivity index (χ1v) is 11.8. The molecule has 7 nitrogen and oxygen atoms in total. The lowest BCUT2D eigenvalue weighted by atomic mass is 9.94. The molecule has 0 saturated heterocycles. The highest BCUT2D eigenvalue weighted by molar-refractivity contribution is 8.00. The highest BCUT2D eigenvalue weighted by Crippen LogP contribution is 2.36. The maximum absolute atomic E-state index is 12.6. The van der Waals surface area contributed by atoms with Gasteiger partial charge in [-0.3, -0.25) is 4.79 Å². The zero-order chi connectivity index (χ0) is 24.7. The average molecular weight is 472 g/mol. The third kappa shape index (κ3) is 5.48. The van der Waals surface area contributed by atoms with Crippen LogP contribution in [-0.2, 0) is 4.79 Å². The number of thioether (sulfide) groups is 1. The Bertz CT molecular complexity index is 1270. The van der Waals surface area contributed by atoms with Gasteiger partial charge in [0, 0.05) is 5.56 Å². The number of anilines is 2. The molecule has 3 N–H and O–H groups in total. The van der Waals surface area contributed by atoms with Crippen molar-refractivity contribution in [2.45, 2.75) is 31.7 Å². The van der Waals surface area contributed by atoms with Crippen LogP contribution in [0.1, 0.15) is 43.4 Å². The van der Waals surface area contributed by atoms with E-state index in [1.54, 1.807) is 18.2 Å². The number of nitrogen functional groups attached to an aromatic ring is 1. The van der Waals surface area contributed by atoms with Gasteiger partial charge in [0.05, 0.1) is 23.6 Å². The summed E-state index contributed by atoms with van der Waals surface area (Å²) in [5.74, 6) is 0.663. The number of ether oxygens (including phenoxy) is 1. The van der Waals surface area contributed by atoms with Crippen LogP contribution >= 0.6 is 11.8 Å². The van der Waals surface area contributed by atoms with E-state index in [1.165, 1.54) is 0 Å². The summed E-state index contributed by atoms with van der Waals surface area (Å²) >= 11 is 1.09. The molecule has 0 fully saturated rings. The minimum Gasteiger partial charge on any atom is -0.492 e. The van der Waals surface area contributed by atoms with Crippen LogP contribution in [0.15, 0.2) is 53.6 Å². The van der Waals surface area contributed by atoms with E-state index in [0.717, 1.165) is 17.3 Å². The van der Waals surface area contributed by atoms with Crippen molar-refractivity contribution in [3.8, 4) is 29.0 Å². The molecule has 0 unspecified atom stereocenters. The Morgan fingerprint density at radius 2 is 1.79 bits per heavy atom. The number of nitrogens with one attached hydrogen (secondary N) is 1. The van der Waals surface area contributed by atoms with Crippen LogP contribution in [0.5, 0.6) is 5.75 Å². The lowest BCUT2D eigenvalue weighted by Crippen LogP contribution is -2.15. The van der Waals surface area contributed by atoms with Gasteiger partial charge in [-0.2, -0.15) is 10.5 Å². The van der Waals surface area contributed by atoms with E-state index < -0.39 is 0 Å². The fraction of sp³-hybridized carbons (Fsp3) is 0.231. The lowest BCUT2D eigenvalue weighted by molar-refractivity contribution is -0.113. The number of benzene rings is 2. The van der Waals surface area contributed by atoms with E-state index >= 15 is 0 Å². The SMILES string of the molecule is CCOc1ccccc1NC(=O)CSc1nc(N)c(C#N)c(-c2ccc(C(C)C)cc2)c1C#N. The van der Waals surface area contributed by atoms with Gasteiger partial charge in [0.15, 0.2) is 0 Å². The first kappa shape index (κ1) is 24.6. The topological polar surface area (TPSA) is 125 Å². The Balaban J connectivity index is 1.90. The molecule has 8 heteroatoms. The number of carbonyl (C=O) groups excluding carboxylic acids is 1. The van der Waals surface area contributed by atoms with Crippen LogP contribution in [-0.4, -0.2) is 23.3 Å². The number of hydrogen-bond acceptors (Lipinski definition) is 7. The number of nitriles is 2. The van der Waals surface area contributed by atoms with Crippen molar-refractivity contribution in [2.24, 2.45) is 0 Å². The maximum atomic E-state index is 12.6. The van der Waals surface area contributed by atoms with Crippen LogP contribution < -0.4 is 15.8 Å². The smallest absolute Gasteiger partial charge is 0.234 e. The van der Waals surface area contributed by atoms with Gasteiger partial charge in [0.25, 0.3) is 0 Å². The number of hydrogen-bond donors (Lipinski definition) is 2. The summed E-state index contributed by atoms with van der Waals surface area (Å²) in [6.07, 6.45) is 0. The van der Waals surface area contributed by atoms with Gasteiger partial charge in [0.1, 0.15) is 34.3 Å². The summed E-state index contributed by atoms with van der Waals surface area (Å²) in [4.78, 5) is 16.9. The van der Waals surface area contributed by atoms with Crippen LogP contribution in [0.2, 0.25) is 0 Å². The minimum absolute atomic E-state index is 0.000787. The van der Waals surface area contributed by atoms with Crippen molar-refractivity contribution < 1.29 is 9.53 Å². The zero-order valence-corrected chi connectivity index (χ0v) is 20.1. The third-order valence-electron chi connectivity index (χ3n) is 5.08. The largest absolute Gasteiger partial charge is 0.492 e. The van der Waals surface area contributed by atoms with Crippen LogP contribution in [0.25, 0.3) is 11.1 Å². The van der Waals surface area contributed by atoms with Crippen molar-refractivity contribution in [1.82, 2.24) is 4.98 Å². The molecule has 3 aromatic rings. The van der Waals surface area contributed by atoms with Gasteiger partial charge in [0.2, 0.25) is 5.91 Å². The minimum atomic E-state index is -0.284. The number of para-hydroxylation sites is 2. The summed E-state index contributed by atoms with van der Waals surface area (Å²) in [7, 11) is 0. The predicted octanol–water partition coefficient (Wildman–Crippen LogP) is 5.33. The monoisotopic (exact) mass is 471 g/mol. The van der Waals surface area contributed by atoms with Crippen molar-refractivity contribution in [3.63, 3.8) is 0 Å². The number of pyridine rings is 1. The number of rotatable bonds is 8.